The second-order valence-corrected chi connectivity index (χ2v) is 3.26. The highest BCUT2D eigenvalue weighted by Gasteiger charge is 2.07. The first-order valence-corrected chi connectivity index (χ1v) is 3.92. The predicted octanol–water partition coefficient (Wildman–Crippen LogP) is -0.0359. The van der Waals surface area contributed by atoms with Crippen LogP contribution in [-0.4, -0.2) is 21.2 Å². The number of hydrogen-bond donors (Lipinski definition) is 1. The molecule has 0 unspecified atom stereocenters. The number of sulfonamides is 1. The molecule has 0 aromatic rings. The van der Waals surface area contributed by atoms with Crippen molar-refractivity contribution < 1.29 is 17.2 Å². The molecule has 0 aromatic carbocycles. The highest BCUT2D eigenvalue weighted by Crippen LogP contribution is 1.98. The molecule has 0 saturated heterocycles. The van der Waals surface area contributed by atoms with Crippen LogP contribution in [0.5, 0.6) is 0 Å². The molecule has 1 N–H and O–H groups in total. The SMILES string of the molecule is CS(=O)(=O)NC[C](F)F. The molecule has 0 aliphatic carbocycles. The Morgan fingerprint density at radius 3 is 2.11 bits per heavy atom. The summed E-state index contributed by atoms with van der Waals surface area (Å²) in [5.41, 5.74) is 0. The lowest BCUT2D eigenvalue weighted by Gasteiger charge is -1.96. The summed E-state index contributed by atoms with van der Waals surface area (Å²) in [5, 5.41) is 0. The average molecular weight is 158 g/mol. The maximum atomic E-state index is 11.2. The Morgan fingerprint density at radius 1 is 1.56 bits per heavy atom. The second-order valence-electron chi connectivity index (χ2n) is 1.43. The van der Waals surface area contributed by atoms with Crippen molar-refractivity contribution in [2.75, 3.05) is 12.8 Å². The molecule has 9 heavy (non-hydrogen) atoms. The Morgan fingerprint density at radius 2 is 2.00 bits per heavy atom. The van der Waals surface area contributed by atoms with Gasteiger partial charge in [-0.1, -0.05) is 0 Å². The normalized spacial score (nSPS) is 12.4. The molecule has 0 atom stereocenters. The summed E-state index contributed by atoms with van der Waals surface area (Å²) in [6.07, 6.45) is -1.13. The fourth-order valence-corrected chi connectivity index (χ4v) is 0.557. The molecule has 55 valence electrons. The average Bonchev–Trinajstić information content (AvgIpc) is 1.59. The molecular weight excluding hydrogens is 152 g/mol. The third kappa shape index (κ3) is 7.77. The third-order valence-electron chi connectivity index (χ3n) is 0.468. The van der Waals surface area contributed by atoms with Gasteiger partial charge in [0.1, 0.15) is 0 Å². The minimum absolute atomic E-state index is 0.815. The van der Waals surface area contributed by atoms with Crippen molar-refractivity contribution in [1.29, 1.82) is 0 Å². The zero-order valence-electron chi connectivity index (χ0n) is 4.69. The maximum Gasteiger partial charge on any atom is 0.324 e. The minimum Gasteiger partial charge on any atom is -0.213 e. The van der Waals surface area contributed by atoms with Gasteiger partial charge in [-0.2, -0.15) is 8.78 Å². The van der Waals surface area contributed by atoms with Gasteiger partial charge in [0.15, 0.2) is 0 Å². The third-order valence-corrected chi connectivity index (χ3v) is 1.14. The molecule has 0 aliphatic heterocycles. The van der Waals surface area contributed by atoms with Crippen molar-refractivity contribution in [2.24, 2.45) is 0 Å². The monoisotopic (exact) mass is 158 g/mol. The van der Waals surface area contributed by atoms with E-state index in [0.29, 0.717) is 0 Å². The van der Waals surface area contributed by atoms with Gasteiger partial charge in [-0.05, 0) is 0 Å². The largest absolute Gasteiger partial charge is 0.324 e. The van der Waals surface area contributed by atoms with Crippen LogP contribution in [0, 0.1) is 6.43 Å². The van der Waals surface area contributed by atoms with Crippen molar-refractivity contribution in [1.82, 2.24) is 4.72 Å². The number of rotatable bonds is 3. The zero-order valence-corrected chi connectivity index (χ0v) is 5.50. The van der Waals surface area contributed by atoms with E-state index >= 15 is 0 Å². The van der Waals surface area contributed by atoms with Crippen LogP contribution in [0.4, 0.5) is 8.78 Å². The van der Waals surface area contributed by atoms with E-state index in [2.05, 4.69) is 0 Å². The van der Waals surface area contributed by atoms with Gasteiger partial charge in [0.25, 0.3) is 0 Å². The number of hydrogen-bond acceptors (Lipinski definition) is 2. The Labute approximate surface area is 52.1 Å². The molecule has 0 spiro atoms. The Kier molecular flexibility index (Phi) is 2.99. The van der Waals surface area contributed by atoms with Crippen LogP contribution in [0.25, 0.3) is 0 Å². The summed E-state index contributed by atoms with van der Waals surface area (Å²) in [6, 6.07) is 0. The van der Waals surface area contributed by atoms with Crippen LogP contribution in [0.15, 0.2) is 0 Å². The molecular formula is C3H6F2NO2S. The first-order chi connectivity index (χ1) is 3.92. The molecule has 0 bridgehead atoms. The molecule has 0 saturated carbocycles. The minimum atomic E-state index is -3.47. The molecule has 0 aliphatic rings. The van der Waals surface area contributed by atoms with Gasteiger partial charge in [-0.15, -0.1) is 0 Å². The van der Waals surface area contributed by atoms with Gasteiger partial charge in [-0.3, -0.25) is 0 Å². The first kappa shape index (κ1) is 8.77. The lowest BCUT2D eigenvalue weighted by atomic mass is 10.7. The standard InChI is InChI=1S/C3H6F2NO2S/c1-9(7,8)6-2-3(4)5/h6H,2H2,1H3. The summed E-state index contributed by atoms with van der Waals surface area (Å²) >= 11 is 0. The number of nitrogens with one attached hydrogen (secondary N) is 1. The van der Waals surface area contributed by atoms with E-state index in [9.17, 15) is 17.2 Å². The lowest BCUT2D eigenvalue weighted by Crippen LogP contribution is -2.24. The Balaban J connectivity index is 3.53. The zero-order chi connectivity index (χ0) is 7.49. The molecule has 0 fully saturated rings. The lowest BCUT2D eigenvalue weighted by molar-refractivity contribution is 0.284. The molecule has 0 rings (SSSR count). The van der Waals surface area contributed by atoms with Gasteiger partial charge < -0.3 is 0 Å². The fraction of sp³-hybridized carbons (Fsp3) is 0.667. The second kappa shape index (κ2) is 3.07. The van der Waals surface area contributed by atoms with E-state index in [-0.39, 0.29) is 0 Å². The van der Waals surface area contributed by atoms with Crippen LogP contribution < -0.4 is 4.72 Å². The molecule has 6 heteroatoms. The van der Waals surface area contributed by atoms with E-state index < -0.39 is 23.0 Å². The summed E-state index contributed by atoms with van der Waals surface area (Å²) in [5.74, 6) is 0. The van der Waals surface area contributed by atoms with E-state index in [1.165, 1.54) is 0 Å². The van der Waals surface area contributed by atoms with Gasteiger partial charge in [0.2, 0.25) is 10.0 Å². The van der Waals surface area contributed by atoms with Crippen LogP contribution in [0.1, 0.15) is 0 Å². The Hall–Kier alpha value is -0.230. The van der Waals surface area contributed by atoms with E-state index in [1.807, 2.05) is 0 Å². The van der Waals surface area contributed by atoms with Crippen molar-refractivity contribution in [2.45, 2.75) is 0 Å². The molecule has 3 nitrogen and oxygen atoms in total. The van der Waals surface area contributed by atoms with Crippen LogP contribution >= 0.6 is 0 Å². The van der Waals surface area contributed by atoms with E-state index in [0.717, 1.165) is 6.26 Å². The first-order valence-electron chi connectivity index (χ1n) is 2.03. The van der Waals surface area contributed by atoms with E-state index in [4.69, 9.17) is 0 Å². The van der Waals surface area contributed by atoms with Crippen molar-refractivity contribution in [3.63, 3.8) is 0 Å². The van der Waals surface area contributed by atoms with Crippen LogP contribution in [0.3, 0.4) is 0 Å². The highest BCUT2D eigenvalue weighted by atomic mass is 32.2. The predicted molar refractivity (Wildman–Crippen MR) is 28.3 cm³/mol. The van der Waals surface area contributed by atoms with Crippen molar-refractivity contribution in [3.05, 3.63) is 6.43 Å². The molecule has 0 heterocycles. The van der Waals surface area contributed by atoms with Gasteiger partial charge in [0.05, 0.1) is 12.8 Å². The van der Waals surface area contributed by atoms with E-state index in [1.54, 1.807) is 4.72 Å². The molecule has 1 radical (unpaired) electrons. The molecule has 0 amide bonds. The molecule has 0 aromatic heterocycles. The van der Waals surface area contributed by atoms with Crippen molar-refractivity contribution >= 4 is 10.0 Å². The summed E-state index contributed by atoms with van der Waals surface area (Å²) in [7, 11) is -3.47. The van der Waals surface area contributed by atoms with Gasteiger partial charge in [0, 0.05) is 0 Å². The van der Waals surface area contributed by atoms with Crippen LogP contribution in [-0.2, 0) is 10.0 Å². The topological polar surface area (TPSA) is 46.2 Å². The van der Waals surface area contributed by atoms with Gasteiger partial charge in [-0.25, -0.2) is 13.1 Å². The van der Waals surface area contributed by atoms with Gasteiger partial charge >= 0.3 is 6.43 Å². The Bertz CT molecular complexity index is 165. The highest BCUT2D eigenvalue weighted by molar-refractivity contribution is 7.88. The summed E-state index contributed by atoms with van der Waals surface area (Å²) in [6.45, 7) is -0.890. The summed E-state index contributed by atoms with van der Waals surface area (Å²) < 4.78 is 44.1. The number of halogens is 2. The maximum absolute atomic E-state index is 11.2. The quantitative estimate of drug-likeness (QED) is 0.626. The van der Waals surface area contributed by atoms with Crippen LogP contribution in [0.2, 0.25) is 0 Å². The summed E-state index contributed by atoms with van der Waals surface area (Å²) in [4.78, 5) is 0. The van der Waals surface area contributed by atoms with Crippen molar-refractivity contribution in [3.8, 4) is 0 Å². The smallest absolute Gasteiger partial charge is 0.213 e. The fourth-order valence-electron chi connectivity index (χ4n) is 0.186.